The number of nitrogens with zero attached hydrogens (tertiary/aromatic N) is 4. The number of aromatic nitrogens is 1. The lowest BCUT2D eigenvalue weighted by atomic mass is 9.92. The smallest absolute Gasteiger partial charge is 0.423 e. The molecule has 218 valence electrons. The molecular weight excluding hydrogens is 529 g/mol. The monoisotopic (exact) mass is 564 g/mol. The number of rotatable bonds is 6. The predicted molar refractivity (Wildman–Crippen MR) is 145 cm³/mol. The Balaban J connectivity index is 1.28. The van der Waals surface area contributed by atoms with Crippen LogP contribution >= 0.6 is 0 Å². The molecule has 2 heterocycles. The summed E-state index contributed by atoms with van der Waals surface area (Å²) in [5.41, 5.74) is -1.39. The van der Waals surface area contributed by atoms with Gasteiger partial charge in [0.1, 0.15) is 11.3 Å². The van der Waals surface area contributed by atoms with Crippen molar-refractivity contribution >= 4 is 23.1 Å². The summed E-state index contributed by atoms with van der Waals surface area (Å²) in [4.78, 5) is 30.7. The van der Waals surface area contributed by atoms with Gasteiger partial charge < -0.3 is 25.2 Å². The highest BCUT2D eigenvalue weighted by Gasteiger charge is 2.38. The van der Waals surface area contributed by atoms with Gasteiger partial charge in [-0.15, -0.1) is 0 Å². The lowest BCUT2D eigenvalue weighted by Gasteiger charge is -2.37. The molecule has 1 aromatic heterocycles. The molecule has 2 N–H and O–H groups in total. The van der Waals surface area contributed by atoms with Crippen LogP contribution in [0.2, 0.25) is 0 Å². The number of carbonyl (C=O) groups is 1. The molecule has 1 aliphatic heterocycles. The minimum Gasteiger partial charge on any atom is -0.489 e. The lowest BCUT2D eigenvalue weighted by Crippen LogP contribution is -2.55. The summed E-state index contributed by atoms with van der Waals surface area (Å²) in [6.45, 7) is 8.41. The third kappa shape index (κ3) is 7.66. The van der Waals surface area contributed by atoms with Crippen LogP contribution in [0.15, 0.2) is 36.7 Å². The molecular formula is C27H35F3N6O4. The predicted octanol–water partition coefficient (Wildman–Crippen LogP) is 5.44. The molecule has 0 radical (unpaired) electrons. The van der Waals surface area contributed by atoms with Gasteiger partial charge in [0.15, 0.2) is 0 Å². The minimum atomic E-state index is -4.82. The Morgan fingerprint density at radius 3 is 2.33 bits per heavy atom. The van der Waals surface area contributed by atoms with Crippen molar-refractivity contribution in [3.8, 4) is 5.75 Å². The van der Waals surface area contributed by atoms with Crippen molar-refractivity contribution in [3.05, 3.63) is 52.3 Å². The molecule has 2 fully saturated rings. The van der Waals surface area contributed by atoms with Crippen LogP contribution < -0.4 is 20.3 Å². The molecule has 1 aromatic carbocycles. The number of hydrogen-bond acceptors (Lipinski definition) is 7. The average molecular weight is 565 g/mol. The van der Waals surface area contributed by atoms with Crippen LogP contribution in [-0.2, 0) is 6.18 Å². The number of alkyl halides is 3. The number of hydrogen-bond donors (Lipinski definition) is 2. The Hall–Kier alpha value is -3.77. The normalized spacial score (nSPS) is 20.1. The molecule has 0 atom stereocenters. The van der Waals surface area contributed by atoms with Gasteiger partial charge in [-0.05, 0) is 58.6 Å². The Labute approximate surface area is 231 Å². The molecule has 1 saturated heterocycles. The molecule has 2 aliphatic rings. The first-order valence-electron chi connectivity index (χ1n) is 13.3. The first-order chi connectivity index (χ1) is 18.8. The molecule has 10 nitrogen and oxygen atoms in total. The number of nitrogens with one attached hydrogen (secondary N) is 2. The molecule has 1 saturated carbocycles. The van der Waals surface area contributed by atoms with Gasteiger partial charge in [0.2, 0.25) is 0 Å². The summed E-state index contributed by atoms with van der Waals surface area (Å²) in [5.74, 6) is 0.645. The van der Waals surface area contributed by atoms with Gasteiger partial charge in [0, 0.05) is 55.6 Å². The quantitative estimate of drug-likeness (QED) is 0.355. The number of ether oxygens (including phenoxy) is 1. The average Bonchev–Trinajstić information content (AvgIpc) is 2.88. The second-order valence-electron chi connectivity index (χ2n) is 11.3. The van der Waals surface area contributed by atoms with E-state index >= 15 is 0 Å². The first kappa shape index (κ1) is 29.2. The van der Waals surface area contributed by atoms with Crippen molar-refractivity contribution in [2.24, 2.45) is 0 Å². The van der Waals surface area contributed by atoms with E-state index in [2.05, 4.69) is 20.5 Å². The highest BCUT2D eigenvalue weighted by molar-refractivity contribution is 5.75. The molecule has 40 heavy (non-hydrogen) atoms. The minimum absolute atomic E-state index is 0.0596. The highest BCUT2D eigenvalue weighted by Crippen LogP contribution is 2.38. The first-order valence-corrected chi connectivity index (χ1v) is 13.3. The molecule has 1 aliphatic carbocycles. The van der Waals surface area contributed by atoms with Crippen LogP contribution in [0.5, 0.6) is 5.75 Å². The number of nitro groups is 1. The van der Waals surface area contributed by atoms with E-state index in [1.54, 1.807) is 12.4 Å². The van der Waals surface area contributed by atoms with Crippen LogP contribution in [-0.4, -0.2) is 64.7 Å². The Bertz CT molecular complexity index is 1200. The SMILES string of the molecule is CC(C)(C)NC(=O)N1CCN(c2cncc(OC3CCC(Nc4ccc([N+](=O)[O-])c(C(F)(F)F)c4)CC3)c2)CC1. The summed E-state index contributed by atoms with van der Waals surface area (Å²) in [7, 11) is 0. The molecule has 0 unspecified atom stereocenters. The number of nitro benzene ring substituents is 1. The second kappa shape index (κ2) is 11.8. The van der Waals surface area contributed by atoms with Crippen molar-refractivity contribution in [2.75, 3.05) is 36.4 Å². The van der Waals surface area contributed by atoms with Gasteiger partial charge in [-0.3, -0.25) is 15.1 Å². The summed E-state index contributed by atoms with van der Waals surface area (Å²) < 4.78 is 46.1. The van der Waals surface area contributed by atoms with Crippen LogP contribution in [0.25, 0.3) is 0 Å². The maximum Gasteiger partial charge on any atom is 0.423 e. The van der Waals surface area contributed by atoms with Crippen molar-refractivity contribution in [1.29, 1.82) is 0 Å². The van der Waals surface area contributed by atoms with Gasteiger partial charge in [-0.25, -0.2) is 4.79 Å². The topological polar surface area (TPSA) is 113 Å². The summed E-state index contributed by atoms with van der Waals surface area (Å²) in [5, 5.41) is 17.1. The number of halogens is 3. The fraction of sp³-hybridized carbons (Fsp3) is 0.556. The number of anilines is 2. The fourth-order valence-electron chi connectivity index (χ4n) is 4.98. The molecule has 0 spiro atoms. The maximum atomic E-state index is 13.3. The number of piperazine rings is 1. The Morgan fingerprint density at radius 1 is 1.05 bits per heavy atom. The van der Waals surface area contributed by atoms with Gasteiger partial charge in [-0.1, -0.05) is 0 Å². The molecule has 13 heteroatoms. The standard InChI is InChI=1S/C27H35F3N6O4/c1-26(2,3)33-25(37)35-12-10-34(11-13-35)20-15-22(17-31-16-20)40-21-7-4-18(5-8-21)32-19-6-9-24(36(38)39)23(14-19)27(28,29)30/h6,9,14-18,21,32H,4-5,7-8,10-13H2,1-3H3,(H,33,37). The van der Waals surface area contributed by atoms with Crippen LogP contribution in [0.4, 0.5) is 35.0 Å². The van der Waals surface area contributed by atoms with Crippen molar-refractivity contribution in [2.45, 2.75) is 70.3 Å². The van der Waals surface area contributed by atoms with Crippen LogP contribution in [0.3, 0.4) is 0 Å². The third-order valence-corrected chi connectivity index (χ3v) is 6.96. The number of pyridine rings is 1. The summed E-state index contributed by atoms with van der Waals surface area (Å²) in [6.07, 6.45) is 1.31. The largest absolute Gasteiger partial charge is 0.489 e. The number of amides is 2. The number of urea groups is 1. The zero-order valence-corrected chi connectivity index (χ0v) is 22.8. The van der Waals surface area contributed by atoms with Gasteiger partial charge >= 0.3 is 12.2 Å². The van der Waals surface area contributed by atoms with E-state index in [1.807, 2.05) is 31.7 Å². The Kier molecular flexibility index (Phi) is 8.59. The van der Waals surface area contributed by atoms with Crippen molar-refractivity contribution in [1.82, 2.24) is 15.2 Å². The zero-order chi connectivity index (χ0) is 29.1. The van der Waals surface area contributed by atoms with Crippen molar-refractivity contribution in [3.63, 3.8) is 0 Å². The Morgan fingerprint density at radius 2 is 1.73 bits per heavy atom. The third-order valence-electron chi connectivity index (χ3n) is 6.96. The van der Waals surface area contributed by atoms with Crippen molar-refractivity contribution < 1.29 is 27.6 Å². The van der Waals surface area contributed by atoms with E-state index in [9.17, 15) is 28.1 Å². The molecule has 0 bridgehead atoms. The highest BCUT2D eigenvalue weighted by atomic mass is 19.4. The molecule has 2 aromatic rings. The molecule has 4 rings (SSSR count). The van der Waals surface area contributed by atoms with E-state index in [4.69, 9.17) is 4.74 Å². The van der Waals surface area contributed by atoms with E-state index in [-0.39, 0.29) is 29.4 Å². The second-order valence-corrected chi connectivity index (χ2v) is 11.3. The van der Waals surface area contributed by atoms with E-state index in [1.165, 1.54) is 6.07 Å². The van der Waals surface area contributed by atoms with Crippen LogP contribution in [0.1, 0.15) is 52.0 Å². The zero-order valence-electron chi connectivity index (χ0n) is 22.8. The number of benzene rings is 1. The van der Waals surface area contributed by atoms with Gasteiger partial charge in [0.05, 0.1) is 29.1 Å². The summed E-state index contributed by atoms with van der Waals surface area (Å²) in [6, 6.07) is 4.80. The van der Waals surface area contributed by atoms with Gasteiger partial charge in [-0.2, -0.15) is 13.2 Å². The van der Waals surface area contributed by atoms with E-state index in [0.29, 0.717) is 57.6 Å². The van der Waals surface area contributed by atoms with E-state index in [0.717, 1.165) is 17.8 Å². The fourth-order valence-corrected chi connectivity index (χ4v) is 4.98. The molecule has 2 amide bonds. The van der Waals surface area contributed by atoms with Gasteiger partial charge in [0.25, 0.3) is 5.69 Å². The maximum absolute atomic E-state index is 13.3. The lowest BCUT2D eigenvalue weighted by molar-refractivity contribution is -0.388. The number of carbonyl (C=O) groups excluding carboxylic acids is 1. The summed E-state index contributed by atoms with van der Waals surface area (Å²) >= 11 is 0. The van der Waals surface area contributed by atoms with E-state index < -0.39 is 22.4 Å². The van der Waals surface area contributed by atoms with Crippen LogP contribution in [0, 0.1) is 10.1 Å².